The van der Waals surface area contributed by atoms with Gasteiger partial charge in [0.15, 0.2) is 0 Å². The predicted molar refractivity (Wildman–Crippen MR) is 75.1 cm³/mol. The first-order valence-corrected chi connectivity index (χ1v) is 8.63. The predicted octanol–water partition coefficient (Wildman–Crippen LogP) is 5.41. The van der Waals surface area contributed by atoms with Crippen LogP contribution in [-0.2, 0) is 0 Å². The molecule has 0 radical (unpaired) electrons. The van der Waals surface area contributed by atoms with Gasteiger partial charge in [-0.25, -0.2) is 0 Å². The van der Waals surface area contributed by atoms with E-state index in [1.54, 1.807) is 0 Å². The molecule has 1 saturated heterocycles. The molecule has 0 bridgehead atoms. The van der Waals surface area contributed by atoms with Crippen LogP contribution >= 0.6 is 11.8 Å². The van der Waals surface area contributed by atoms with E-state index < -0.39 is 0 Å². The van der Waals surface area contributed by atoms with Crippen LogP contribution in [0.4, 0.5) is 0 Å². The molecule has 16 heavy (non-hydrogen) atoms. The Morgan fingerprint density at radius 2 is 1.12 bits per heavy atom. The molecule has 1 heteroatoms. The second-order valence-electron chi connectivity index (χ2n) is 5.72. The molecule has 2 fully saturated rings. The van der Waals surface area contributed by atoms with Crippen molar-refractivity contribution >= 4 is 11.8 Å². The van der Waals surface area contributed by atoms with E-state index in [2.05, 4.69) is 11.8 Å². The fourth-order valence-corrected chi connectivity index (χ4v) is 4.90. The molecular weight excluding hydrogens is 212 g/mol. The zero-order valence-corrected chi connectivity index (χ0v) is 11.6. The van der Waals surface area contributed by atoms with Crippen LogP contribution in [-0.4, -0.2) is 11.0 Å². The van der Waals surface area contributed by atoms with Crippen LogP contribution in [0.5, 0.6) is 0 Å². The topological polar surface area (TPSA) is 0 Å². The van der Waals surface area contributed by atoms with Crippen molar-refractivity contribution in [1.29, 1.82) is 0 Å². The second kappa shape index (κ2) is 7.63. The van der Waals surface area contributed by atoms with Gasteiger partial charge in [0.1, 0.15) is 0 Å². The molecule has 0 amide bonds. The Labute approximate surface area is 106 Å². The first kappa shape index (κ1) is 12.8. The van der Waals surface area contributed by atoms with Gasteiger partial charge >= 0.3 is 0 Å². The summed E-state index contributed by atoms with van der Waals surface area (Å²) in [6, 6.07) is 0. The molecule has 2 rings (SSSR count). The van der Waals surface area contributed by atoms with Gasteiger partial charge in [-0.05, 0) is 37.4 Å². The van der Waals surface area contributed by atoms with E-state index in [9.17, 15) is 0 Å². The van der Waals surface area contributed by atoms with Crippen LogP contribution in [0.2, 0.25) is 0 Å². The van der Waals surface area contributed by atoms with Crippen molar-refractivity contribution in [2.75, 3.05) is 5.75 Å². The van der Waals surface area contributed by atoms with Crippen molar-refractivity contribution in [2.45, 2.75) is 82.3 Å². The van der Waals surface area contributed by atoms with E-state index in [1.165, 1.54) is 82.8 Å². The highest BCUT2D eigenvalue weighted by Gasteiger charge is 2.22. The molecule has 1 unspecified atom stereocenters. The standard InChI is InChI=1S/C15H28S/c1-2-6-10-14(11-7-3-1)15-12-8-4-5-9-13-16-15/h14-15H,1-13H2. The monoisotopic (exact) mass is 240 g/mol. The molecule has 0 N–H and O–H groups in total. The number of thioether (sulfide) groups is 1. The van der Waals surface area contributed by atoms with Crippen LogP contribution in [0.1, 0.15) is 77.0 Å². The van der Waals surface area contributed by atoms with E-state index in [1.807, 2.05) is 0 Å². The summed E-state index contributed by atoms with van der Waals surface area (Å²) in [7, 11) is 0. The van der Waals surface area contributed by atoms with Gasteiger partial charge in [-0.3, -0.25) is 0 Å². The third kappa shape index (κ3) is 4.31. The van der Waals surface area contributed by atoms with Crippen molar-refractivity contribution < 1.29 is 0 Å². The van der Waals surface area contributed by atoms with E-state index >= 15 is 0 Å². The molecule has 1 aliphatic carbocycles. The maximum atomic E-state index is 2.32. The average Bonchev–Trinajstić information content (AvgIpc) is 2.18. The molecule has 1 atom stereocenters. The summed E-state index contributed by atoms with van der Waals surface area (Å²) in [5.74, 6) is 2.52. The van der Waals surface area contributed by atoms with Crippen LogP contribution in [0.25, 0.3) is 0 Å². The van der Waals surface area contributed by atoms with Crippen LogP contribution in [0, 0.1) is 5.92 Å². The van der Waals surface area contributed by atoms with Gasteiger partial charge in [0.25, 0.3) is 0 Å². The number of hydrogen-bond acceptors (Lipinski definition) is 1. The molecule has 0 spiro atoms. The van der Waals surface area contributed by atoms with Crippen molar-refractivity contribution in [3.8, 4) is 0 Å². The Kier molecular flexibility index (Phi) is 6.11. The first-order valence-electron chi connectivity index (χ1n) is 7.58. The van der Waals surface area contributed by atoms with Crippen LogP contribution in [0.15, 0.2) is 0 Å². The smallest absolute Gasteiger partial charge is 0.00753 e. The van der Waals surface area contributed by atoms with Gasteiger partial charge in [0.05, 0.1) is 0 Å². The lowest BCUT2D eigenvalue weighted by molar-refractivity contribution is 0.354. The molecule has 1 aliphatic heterocycles. The summed E-state index contributed by atoms with van der Waals surface area (Å²) < 4.78 is 0. The van der Waals surface area contributed by atoms with Gasteiger partial charge in [0.2, 0.25) is 0 Å². The molecular formula is C15H28S. The quantitative estimate of drug-likeness (QED) is 0.590. The van der Waals surface area contributed by atoms with E-state index in [4.69, 9.17) is 0 Å². The highest BCUT2D eigenvalue weighted by atomic mass is 32.2. The van der Waals surface area contributed by atoms with E-state index in [0.717, 1.165) is 11.2 Å². The third-order valence-corrected chi connectivity index (χ3v) is 5.96. The SMILES string of the molecule is C1CCCC(C2CCCCCCS2)CCC1. The minimum absolute atomic E-state index is 1.03. The number of rotatable bonds is 1. The van der Waals surface area contributed by atoms with Crippen LogP contribution in [0.3, 0.4) is 0 Å². The fraction of sp³-hybridized carbons (Fsp3) is 1.00. The molecule has 2 aliphatic rings. The highest BCUT2D eigenvalue weighted by molar-refractivity contribution is 7.99. The molecule has 1 saturated carbocycles. The summed E-state index contributed by atoms with van der Waals surface area (Å²) in [4.78, 5) is 0. The van der Waals surface area contributed by atoms with Crippen molar-refractivity contribution in [2.24, 2.45) is 5.92 Å². The lowest BCUT2D eigenvalue weighted by atomic mass is 9.87. The Hall–Kier alpha value is 0.350. The average molecular weight is 240 g/mol. The largest absolute Gasteiger partial charge is 0.158 e. The molecule has 0 aromatic rings. The summed E-state index contributed by atoms with van der Waals surface area (Å²) >= 11 is 2.32. The Morgan fingerprint density at radius 3 is 1.88 bits per heavy atom. The molecule has 0 aromatic carbocycles. The minimum atomic E-state index is 1.03. The lowest BCUT2D eigenvalue weighted by Gasteiger charge is -2.29. The normalized spacial score (nSPS) is 31.1. The highest BCUT2D eigenvalue weighted by Crippen LogP contribution is 2.35. The summed E-state index contributed by atoms with van der Waals surface area (Å²) in [6.07, 6.45) is 18.1. The minimum Gasteiger partial charge on any atom is -0.158 e. The zero-order valence-electron chi connectivity index (χ0n) is 10.8. The summed E-state index contributed by atoms with van der Waals surface area (Å²) in [5.41, 5.74) is 0. The van der Waals surface area contributed by atoms with E-state index in [0.29, 0.717) is 0 Å². The Balaban J connectivity index is 1.81. The van der Waals surface area contributed by atoms with Gasteiger partial charge in [0, 0.05) is 5.25 Å². The summed E-state index contributed by atoms with van der Waals surface area (Å²) in [5, 5.41) is 1.03. The van der Waals surface area contributed by atoms with Gasteiger partial charge in [-0.15, -0.1) is 0 Å². The van der Waals surface area contributed by atoms with Crippen molar-refractivity contribution in [1.82, 2.24) is 0 Å². The first-order chi connectivity index (χ1) is 7.97. The summed E-state index contributed by atoms with van der Waals surface area (Å²) in [6.45, 7) is 0. The second-order valence-corrected chi connectivity index (χ2v) is 7.06. The van der Waals surface area contributed by atoms with Crippen LogP contribution < -0.4 is 0 Å². The Bertz CT molecular complexity index is 142. The molecule has 0 nitrogen and oxygen atoms in total. The zero-order chi connectivity index (χ0) is 11.1. The molecule has 0 aromatic heterocycles. The Morgan fingerprint density at radius 1 is 0.562 bits per heavy atom. The van der Waals surface area contributed by atoms with Gasteiger partial charge < -0.3 is 0 Å². The van der Waals surface area contributed by atoms with Gasteiger partial charge in [-0.1, -0.05) is 51.4 Å². The maximum Gasteiger partial charge on any atom is 0.00753 e. The fourth-order valence-electron chi connectivity index (χ4n) is 3.35. The van der Waals surface area contributed by atoms with E-state index in [-0.39, 0.29) is 0 Å². The molecule has 1 heterocycles. The third-order valence-electron chi connectivity index (χ3n) is 4.39. The maximum absolute atomic E-state index is 2.32. The van der Waals surface area contributed by atoms with Crippen molar-refractivity contribution in [3.63, 3.8) is 0 Å². The lowest BCUT2D eigenvalue weighted by Crippen LogP contribution is -2.20. The van der Waals surface area contributed by atoms with Gasteiger partial charge in [-0.2, -0.15) is 11.8 Å². The number of hydrogen-bond donors (Lipinski definition) is 0. The van der Waals surface area contributed by atoms with Crippen molar-refractivity contribution in [3.05, 3.63) is 0 Å². The molecule has 94 valence electrons.